The van der Waals surface area contributed by atoms with E-state index in [1.54, 1.807) is 38.1 Å². The lowest BCUT2D eigenvalue weighted by molar-refractivity contribution is -0.141. The zero-order valence-corrected chi connectivity index (χ0v) is 17.1. The van der Waals surface area contributed by atoms with Crippen LogP contribution in [0.15, 0.2) is 28.7 Å². The standard InChI is InChI=1S/C19H19BrN2O6/c1-10-16(19(26)27-3)11(2)22-17(10)14(23)9-28-15(24)8-21-18(25)12-4-6-13(20)7-5-12/h4-7,22H,8-9H2,1-3H3,(H,21,25). The number of carbonyl (C=O) groups excluding carboxylic acids is 4. The fourth-order valence-electron chi connectivity index (χ4n) is 2.56. The first-order valence-corrected chi connectivity index (χ1v) is 9.04. The predicted octanol–water partition coefficient (Wildman–Crippen LogP) is 2.34. The topological polar surface area (TPSA) is 115 Å². The van der Waals surface area contributed by atoms with E-state index in [1.165, 1.54) is 7.11 Å². The van der Waals surface area contributed by atoms with Crippen LogP contribution in [0, 0.1) is 13.8 Å². The van der Waals surface area contributed by atoms with Crippen LogP contribution in [0.25, 0.3) is 0 Å². The Kier molecular flexibility index (Phi) is 7.11. The van der Waals surface area contributed by atoms with Gasteiger partial charge in [-0.15, -0.1) is 0 Å². The van der Waals surface area contributed by atoms with Gasteiger partial charge in [0.2, 0.25) is 5.78 Å². The summed E-state index contributed by atoms with van der Waals surface area (Å²) in [7, 11) is 1.25. The maximum Gasteiger partial charge on any atom is 0.339 e. The summed E-state index contributed by atoms with van der Waals surface area (Å²) in [4.78, 5) is 50.6. The largest absolute Gasteiger partial charge is 0.465 e. The molecule has 0 saturated carbocycles. The average Bonchev–Trinajstić information content (AvgIpc) is 2.98. The number of ether oxygens (including phenoxy) is 2. The molecule has 1 amide bonds. The normalized spacial score (nSPS) is 10.3. The Hall–Kier alpha value is -2.94. The van der Waals surface area contributed by atoms with Gasteiger partial charge in [0, 0.05) is 15.7 Å². The molecule has 0 aliphatic heterocycles. The van der Waals surface area contributed by atoms with Crippen molar-refractivity contribution in [3.63, 3.8) is 0 Å². The average molecular weight is 451 g/mol. The Balaban J connectivity index is 1.89. The third-order valence-electron chi connectivity index (χ3n) is 3.97. The van der Waals surface area contributed by atoms with Crippen LogP contribution in [0.1, 0.15) is 42.5 Å². The number of halogens is 1. The van der Waals surface area contributed by atoms with Crippen molar-refractivity contribution in [1.82, 2.24) is 10.3 Å². The Morgan fingerprint density at radius 2 is 1.75 bits per heavy atom. The number of hydrogen-bond acceptors (Lipinski definition) is 6. The number of aromatic amines is 1. The summed E-state index contributed by atoms with van der Waals surface area (Å²) >= 11 is 3.27. The molecule has 1 aromatic carbocycles. The molecule has 2 aromatic rings. The molecule has 0 aliphatic carbocycles. The summed E-state index contributed by atoms with van der Waals surface area (Å²) in [5.74, 6) is -2.25. The van der Waals surface area contributed by atoms with Crippen molar-refractivity contribution in [2.45, 2.75) is 13.8 Å². The molecule has 0 fully saturated rings. The predicted molar refractivity (Wildman–Crippen MR) is 103 cm³/mol. The number of hydrogen-bond donors (Lipinski definition) is 2. The van der Waals surface area contributed by atoms with Crippen molar-refractivity contribution < 1.29 is 28.7 Å². The molecule has 0 bridgehead atoms. The number of benzene rings is 1. The highest BCUT2D eigenvalue weighted by atomic mass is 79.9. The molecule has 0 radical (unpaired) electrons. The molecule has 1 aromatic heterocycles. The van der Waals surface area contributed by atoms with Gasteiger partial charge in [-0.25, -0.2) is 4.79 Å². The fourth-order valence-corrected chi connectivity index (χ4v) is 2.83. The van der Waals surface area contributed by atoms with E-state index < -0.39 is 30.2 Å². The molecule has 0 spiro atoms. The Morgan fingerprint density at radius 3 is 2.36 bits per heavy atom. The highest BCUT2D eigenvalue weighted by Crippen LogP contribution is 2.19. The van der Waals surface area contributed by atoms with E-state index in [-0.39, 0.29) is 17.8 Å². The Bertz CT molecular complexity index is 917. The van der Waals surface area contributed by atoms with Crippen LogP contribution in [0.5, 0.6) is 0 Å². The van der Waals surface area contributed by atoms with Gasteiger partial charge in [0.05, 0.1) is 18.4 Å². The summed E-state index contributed by atoms with van der Waals surface area (Å²) in [5.41, 5.74) is 1.75. The van der Waals surface area contributed by atoms with Crippen LogP contribution in [-0.4, -0.2) is 48.9 Å². The van der Waals surface area contributed by atoms with Gasteiger partial charge in [-0.1, -0.05) is 15.9 Å². The van der Waals surface area contributed by atoms with Crippen molar-refractivity contribution in [2.75, 3.05) is 20.3 Å². The first-order valence-electron chi connectivity index (χ1n) is 8.24. The van der Waals surface area contributed by atoms with E-state index in [1.807, 2.05) is 0 Å². The first-order chi connectivity index (χ1) is 13.2. The van der Waals surface area contributed by atoms with E-state index in [2.05, 4.69) is 31.0 Å². The fraction of sp³-hybridized carbons (Fsp3) is 0.263. The number of esters is 2. The van der Waals surface area contributed by atoms with Gasteiger partial charge in [-0.05, 0) is 43.7 Å². The molecule has 0 saturated heterocycles. The van der Waals surface area contributed by atoms with Gasteiger partial charge in [0.15, 0.2) is 6.61 Å². The minimum atomic E-state index is -0.757. The second-order valence-corrected chi connectivity index (χ2v) is 6.81. The molecule has 2 rings (SSSR count). The van der Waals surface area contributed by atoms with Gasteiger partial charge >= 0.3 is 11.9 Å². The van der Waals surface area contributed by atoms with E-state index >= 15 is 0 Å². The van der Waals surface area contributed by atoms with Gasteiger partial charge in [0.25, 0.3) is 5.91 Å². The number of rotatable bonds is 7. The molecule has 148 valence electrons. The number of H-pyrrole nitrogens is 1. The lowest BCUT2D eigenvalue weighted by Gasteiger charge is -2.06. The van der Waals surface area contributed by atoms with Crippen molar-refractivity contribution in [2.24, 2.45) is 0 Å². The molecule has 0 aliphatic rings. The monoisotopic (exact) mass is 450 g/mol. The lowest BCUT2D eigenvalue weighted by Crippen LogP contribution is -2.31. The molecule has 1 heterocycles. The van der Waals surface area contributed by atoms with E-state index in [0.29, 0.717) is 16.8 Å². The summed E-state index contributed by atoms with van der Waals surface area (Å²) in [6, 6.07) is 6.61. The molecule has 2 N–H and O–H groups in total. The second-order valence-electron chi connectivity index (χ2n) is 5.89. The van der Waals surface area contributed by atoms with Gasteiger partial charge in [-0.2, -0.15) is 0 Å². The lowest BCUT2D eigenvalue weighted by atomic mass is 10.1. The molecule has 0 atom stereocenters. The van der Waals surface area contributed by atoms with E-state index in [9.17, 15) is 19.2 Å². The molecule has 0 unspecified atom stereocenters. The highest BCUT2D eigenvalue weighted by molar-refractivity contribution is 9.10. The number of amides is 1. The smallest absolute Gasteiger partial charge is 0.339 e. The maximum absolute atomic E-state index is 12.3. The van der Waals surface area contributed by atoms with Crippen molar-refractivity contribution in [3.8, 4) is 0 Å². The second kappa shape index (κ2) is 9.32. The number of nitrogens with one attached hydrogen (secondary N) is 2. The SMILES string of the molecule is COC(=O)c1c(C)[nH]c(C(=O)COC(=O)CNC(=O)c2ccc(Br)cc2)c1C. The quantitative estimate of drug-likeness (QED) is 0.494. The number of methoxy groups -OCH3 is 1. The van der Waals surface area contributed by atoms with Crippen molar-refractivity contribution in [3.05, 3.63) is 56.8 Å². The van der Waals surface area contributed by atoms with Gasteiger partial charge in [0.1, 0.15) is 6.54 Å². The Morgan fingerprint density at radius 1 is 1.11 bits per heavy atom. The minimum Gasteiger partial charge on any atom is -0.465 e. The Labute approximate surface area is 169 Å². The zero-order valence-electron chi connectivity index (χ0n) is 15.6. The van der Waals surface area contributed by atoms with Crippen molar-refractivity contribution in [1.29, 1.82) is 0 Å². The van der Waals surface area contributed by atoms with Crippen LogP contribution in [0.3, 0.4) is 0 Å². The number of aryl methyl sites for hydroxylation is 1. The number of carbonyl (C=O) groups is 4. The van der Waals surface area contributed by atoms with E-state index in [4.69, 9.17) is 4.74 Å². The molecular formula is C19H19BrN2O6. The molecule has 8 nitrogen and oxygen atoms in total. The van der Waals surface area contributed by atoms with Crippen LogP contribution in [0.2, 0.25) is 0 Å². The summed E-state index contributed by atoms with van der Waals surface area (Å²) in [6.45, 7) is 2.34. The third-order valence-corrected chi connectivity index (χ3v) is 4.50. The van der Waals surface area contributed by atoms with Crippen LogP contribution in [0.4, 0.5) is 0 Å². The van der Waals surface area contributed by atoms with Gasteiger partial charge in [-0.3, -0.25) is 14.4 Å². The zero-order chi connectivity index (χ0) is 20.8. The van der Waals surface area contributed by atoms with Crippen LogP contribution >= 0.6 is 15.9 Å². The molecule has 28 heavy (non-hydrogen) atoms. The summed E-state index contributed by atoms with van der Waals surface area (Å²) in [6.07, 6.45) is 0. The van der Waals surface area contributed by atoms with Gasteiger partial charge < -0.3 is 19.8 Å². The van der Waals surface area contributed by atoms with Crippen molar-refractivity contribution >= 4 is 39.6 Å². The number of ketones is 1. The molecule has 9 heteroatoms. The number of Topliss-reactive ketones (excluding diaryl/α,β-unsaturated/α-hetero) is 1. The maximum atomic E-state index is 12.3. The first kappa shape index (κ1) is 21.4. The van der Waals surface area contributed by atoms with Crippen LogP contribution in [-0.2, 0) is 14.3 Å². The highest BCUT2D eigenvalue weighted by Gasteiger charge is 2.23. The van der Waals surface area contributed by atoms with E-state index in [0.717, 1.165) is 4.47 Å². The summed E-state index contributed by atoms with van der Waals surface area (Å²) in [5, 5.41) is 2.42. The minimum absolute atomic E-state index is 0.171. The van der Waals surface area contributed by atoms with Crippen LogP contribution < -0.4 is 5.32 Å². The summed E-state index contributed by atoms with van der Waals surface area (Å²) < 4.78 is 10.4. The molecular weight excluding hydrogens is 432 g/mol. The third kappa shape index (κ3) is 5.07. The number of aromatic nitrogens is 1.